The SMILES string of the molecule is CNCc1cccc(S(=O)(=O)NCC(F)F)c1. The summed E-state index contributed by atoms with van der Waals surface area (Å²) in [5.41, 5.74) is 0.771. The number of sulfonamides is 1. The summed E-state index contributed by atoms with van der Waals surface area (Å²) in [6.45, 7) is -0.364. The lowest BCUT2D eigenvalue weighted by Crippen LogP contribution is -2.28. The molecule has 0 saturated carbocycles. The fraction of sp³-hybridized carbons (Fsp3) is 0.400. The zero-order valence-electron chi connectivity index (χ0n) is 9.28. The van der Waals surface area contributed by atoms with Gasteiger partial charge in [0.1, 0.15) is 0 Å². The molecule has 0 aromatic heterocycles. The van der Waals surface area contributed by atoms with Crippen LogP contribution in [0.15, 0.2) is 29.2 Å². The van der Waals surface area contributed by atoms with Crippen molar-refractivity contribution in [3.8, 4) is 0 Å². The summed E-state index contributed by atoms with van der Waals surface area (Å²) in [5.74, 6) is 0. The molecule has 2 N–H and O–H groups in total. The van der Waals surface area contributed by atoms with Gasteiger partial charge in [-0.1, -0.05) is 12.1 Å². The molecule has 0 aliphatic heterocycles. The molecule has 1 rings (SSSR count). The fourth-order valence-corrected chi connectivity index (χ4v) is 2.36. The lowest BCUT2D eigenvalue weighted by atomic mass is 10.2. The van der Waals surface area contributed by atoms with Gasteiger partial charge in [-0.3, -0.25) is 0 Å². The predicted octanol–water partition coefficient (Wildman–Crippen LogP) is 0.949. The maximum atomic E-state index is 11.9. The average Bonchev–Trinajstić information content (AvgIpc) is 2.27. The second-order valence-corrected chi connectivity index (χ2v) is 5.19. The van der Waals surface area contributed by atoms with Crippen molar-refractivity contribution in [3.05, 3.63) is 29.8 Å². The third-order valence-corrected chi connectivity index (χ3v) is 3.44. The molecule has 0 heterocycles. The Hall–Kier alpha value is -1.05. The number of benzene rings is 1. The van der Waals surface area contributed by atoms with E-state index >= 15 is 0 Å². The summed E-state index contributed by atoms with van der Waals surface area (Å²) in [4.78, 5) is -0.00843. The molecular weight excluding hydrogens is 250 g/mol. The number of rotatable bonds is 6. The van der Waals surface area contributed by atoms with Crippen LogP contribution in [-0.2, 0) is 16.6 Å². The van der Waals surface area contributed by atoms with Crippen molar-refractivity contribution in [2.45, 2.75) is 17.9 Å². The number of halogens is 2. The summed E-state index contributed by atoms with van der Waals surface area (Å²) in [5, 5.41) is 2.88. The number of hydrogen-bond donors (Lipinski definition) is 2. The van der Waals surface area contributed by atoms with Gasteiger partial charge in [0, 0.05) is 6.54 Å². The van der Waals surface area contributed by atoms with E-state index in [0.717, 1.165) is 5.56 Å². The highest BCUT2D eigenvalue weighted by Gasteiger charge is 2.16. The topological polar surface area (TPSA) is 58.2 Å². The largest absolute Gasteiger partial charge is 0.316 e. The van der Waals surface area contributed by atoms with Crippen LogP contribution in [-0.4, -0.2) is 28.4 Å². The fourth-order valence-electron chi connectivity index (χ4n) is 1.28. The van der Waals surface area contributed by atoms with E-state index in [4.69, 9.17) is 0 Å². The molecule has 0 saturated heterocycles. The van der Waals surface area contributed by atoms with Gasteiger partial charge in [-0.25, -0.2) is 21.9 Å². The maximum Gasteiger partial charge on any atom is 0.251 e. The van der Waals surface area contributed by atoms with E-state index in [1.165, 1.54) is 12.1 Å². The number of alkyl halides is 2. The van der Waals surface area contributed by atoms with Crippen molar-refractivity contribution in [3.63, 3.8) is 0 Å². The van der Waals surface area contributed by atoms with Crippen molar-refractivity contribution in [1.29, 1.82) is 0 Å². The van der Waals surface area contributed by atoms with E-state index in [9.17, 15) is 17.2 Å². The van der Waals surface area contributed by atoms with Gasteiger partial charge in [0.25, 0.3) is 6.43 Å². The van der Waals surface area contributed by atoms with Crippen LogP contribution < -0.4 is 10.0 Å². The first kappa shape index (κ1) is 14.0. The normalized spacial score (nSPS) is 12.0. The number of hydrogen-bond acceptors (Lipinski definition) is 3. The van der Waals surface area contributed by atoms with Crippen molar-refractivity contribution in [2.75, 3.05) is 13.6 Å². The van der Waals surface area contributed by atoms with Crippen LogP contribution in [0.5, 0.6) is 0 Å². The first-order chi connectivity index (χ1) is 7.95. The number of nitrogens with one attached hydrogen (secondary N) is 2. The van der Waals surface area contributed by atoms with Crippen molar-refractivity contribution in [1.82, 2.24) is 10.0 Å². The monoisotopic (exact) mass is 264 g/mol. The van der Waals surface area contributed by atoms with Crippen molar-refractivity contribution in [2.24, 2.45) is 0 Å². The van der Waals surface area contributed by atoms with Crippen LogP contribution in [0.3, 0.4) is 0 Å². The van der Waals surface area contributed by atoms with E-state index < -0.39 is 23.0 Å². The van der Waals surface area contributed by atoms with E-state index in [2.05, 4.69) is 5.32 Å². The molecule has 0 spiro atoms. The highest BCUT2D eigenvalue weighted by molar-refractivity contribution is 7.89. The second-order valence-electron chi connectivity index (χ2n) is 3.42. The molecule has 17 heavy (non-hydrogen) atoms. The van der Waals surface area contributed by atoms with Crippen molar-refractivity contribution >= 4 is 10.0 Å². The van der Waals surface area contributed by atoms with Gasteiger partial charge in [0.15, 0.2) is 0 Å². The molecular formula is C10H14F2N2O2S. The molecule has 0 amide bonds. The Labute approximate surface area is 99.1 Å². The Kier molecular flexibility index (Phi) is 4.98. The van der Waals surface area contributed by atoms with Crippen LogP contribution in [0.1, 0.15) is 5.56 Å². The van der Waals surface area contributed by atoms with Crippen LogP contribution >= 0.6 is 0 Å². The Balaban J connectivity index is 2.87. The van der Waals surface area contributed by atoms with E-state index in [0.29, 0.717) is 6.54 Å². The molecule has 0 fully saturated rings. The molecule has 1 aromatic rings. The van der Waals surface area contributed by atoms with Gasteiger partial charge in [-0.05, 0) is 24.7 Å². The Morgan fingerprint density at radius 3 is 2.65 bits per heavy atom. The van der Waals surface area contributed by atoms with Crippen molar-refractivity contribution < 1.29 is 17.2 Å². The lowest BCUT2D eigenvalue weighted by molar-refractivity contribution is 0.153. The molecule has 0 bridgehead atoms. The molecule has 0 unspecified atom stereocenters. The van der Waals surface area contributed by atoms with Gasteiger partial charge >= 0.3 is 0 Å². The van der Waals surface area contributed by atoms with E-state index in [1.807, 2.05) is 4.72 Å². The maximum absolute atomic E-state index is 11.9. The summed E-state index contributed by atoms with van der Waals surface area (Å²) in [6.07, 6.45) is -2.70. The summed E-state index contributed by atoms with van der Waals surface area (Å²) >= 11 is 0. The molecule has 4 nitrogen and oxygen atoms in total. The van der Waals surface area contributed by atoms with Gasteiger partial charge in [-0.15, -0.1) is 0 Å². The van der Waals surface area contributed by atoms with Gasteiger partial charge in [0.2, 0.25) is 10.0 Å². The van der Waals surface area contributed by atoms with Crippen LogP contribution in [0.2, 0.25) is 0 Å². The molecule has 0 atom stereocenters. The predicted molar refractivity (Wildman–Crippen MR) is 60.4 cm³/mol. The smallest absolute Gasteiger partial charge is 0.251 e. The molecule has 96 valence electrons. The summed E-state index contributed by atoms with van der Waals surface area (Å²) < 4.78 is 49.0. The molecule has 0 aliphatic rings. The van der Waals surface area contributed by atoms with Gasteiger partial charge < -0.3 is 5.32 Å². The van der Waals surface area contributed by atoms with Gasteiger partial charge in [0.05, 0.1) is 11.4 Å². The quantitative estimate of drug-likeness (QED) is 0.804. The Morgan fingerprint density at radius 1 is 1.35 bits per heavy atom. The van der Waals surface area contributed by atoms with Gasteiger partial charge in [-0.2, -0.15) is 0 Å². The molecule has 0 aliphatic carbocycles. The first-order valence-corrected chi connectivity index (χ1v) is 6.45. The molecule has 1 aromatic carbocycles. The first-order valence-electron chi connectivity index (χ1n) is 4.97. The Bertz CT molecular complexity index is 463. The zero-order valence-corrected chi connectivity index (χ0v) is 10.1. The average molecular weight is 264 g/mol. The summed E-state index contributed by atoms with van der Waals surface area (Å²) in [7, 11) is -2.12. The minimum Gasteiger partial charge on any atom is -0.316 e. The van der Waals surface area contributed by atoms with Crippen LogP contribution in [0.4, 0.5) is 8.78 Å². The standard InChI is InChI=1S/C10H14F2N2O2S/c1-13-6-8-3-2-4-9(5-8)17(15,16)14-7-10(11)12/h2-5,10,13-14H,6-7H2,1H3. The minimum atomic E-state index is -3.85. The minimum absolute atomic E-state index is 0.00843. The van der Waals surface area contributed by atoms with Crippen LogP contribution in [0.25, 0.3) is 0 Å². The highest BCUT2D eigenvalue weighted by atomic mass is 32.2. The zero-order chi connectivity index (χ0) is 12.9. The second kappa shape index (κ2) is 6.04. The van der Waals surface area contributed by atoms with E-state index in [1.54, 1.807) is 19.2 Å². The summed E-state index contributed by atoms with van der Waals surface area (Å²) in [6, 6.07) is 6.14. The Morgan fingerprint density at radius 2 is 2.06 bits per heavy atom. The third kappa shape index (κ3) is 4.37. The molecule has 0 radical (unpaired) electrons. The lowest BCUT2D eigenvalue weighted by Gasteiger charge is -2.07. The molecule has 7 heteroatoms. The van der Waals surface area contributed by atoms with Crippen LogP contribution in [0, 0.1) is 0 Å². The third-order valence-electron chi connectivity index (χ3n) is 2.02. The highest BCUT2D eigenvalue weighted by Crippen LogP contribution is 2.11. The van der Waals surface area contributed by atoms with E-state index in [-0.39, 0.29) is 4.90 Å².